The molecule has 0 spiro atoms. The summed E-state index contributed by atoms with van der Waals surface area (Å²) in [5.41, 5.74) is 2.21. The summed E-state index contributed by atoms with van der Waals surface area (Å²) in [6.07, 6.45) is 2.01. The monoisotopic (exact) mass is 274 g/mol. The van der Waals surface area contributed by atoms with E-state index in [1.165, 1.54) is 6.07 Å². The quantitative estimate of drug-likeness (QED) is 0.741. The van der Waals surface area contributed by atoms with Gasteiger partial charge in [0.05, 0.1) is 0 Å². The summed E-state index contributed by atoms with van der Waals surface area (Å²) in [6.45, 7) is 2.08. The van der Waals surface area contributed by atoms with Gasteiger partial charge in [0.25, 0.3) is 0 Å². The average Bonchev–Trinajstić information content (AvgIpc) is 2.43. The summed E-state index contributed by atoms with van der Waals surface area (Å²) >= 11 is 0. The van der Waals surface area contributed by atoms with E-state index < -0.39 is 11.6 Å². The van der Waals surface area contributed by atoms with Crippen LogP contribution >= 0.6 is 0 Å². The van der Waals surface area contributed by atoms with Gasteiger partial charge in [-0.2, -0.15) is 0 Å². The van der Waals surface area contributed by atoms with Gasteiger partial charge in [0.1, 0.15) is 0 Å². The van der Waals surface area contributed by atoms with Gasteiger partial charge in [-0.3, -0.25) is 4.79 Å². The highest BCUT2D eigenvalue weighted by molar-refractivity contribution is 5.97. The Hall–Kier alpha value is -2.03. The standard InChI is InChI=1S/C17H16F2O/c1-2-4-12-5-3-6-14(9-12)17(20)11-13-7-8-15(18)16(19)10-13/h3,5-10H,2,4,11H2,1H3. The van der Waals surface area contributed by atoms with Crippen LogP contribution in [0.3, 0.4) is 0 Å². The van der Waals surface area contributed by atoms with E-state index in [1.807, 2.05) is 18.2 Å². The number of benzene rings is 2. The number of carbonyl (C=O) groups excluding carboxylic acids is 1. The Balaban J connectivity index is 2.15. The molecule has 0 saturated heterocycles. The highest BCUT2D eigenvalue weighted by Crippen LogP contribution is 2.13. The summed E-state index contributed by atoms with van der Waals surface area (Å²) in [4.78, 5) is 12.2. The van der Waals surface area contributed by atoms with Crippen molar-refractivity contribution in [1.82, 2.24) is 0 Å². The maximum Gasteiger partial charge on any atom is 0.167 e. The van der Waals surface area contributed by atoms with Gasteiger partial charge in [-0.15, -0.1) is 0 Å². The molecule has 20 heavy (non-hydrogen) atoms. The molecular weight excluding hydrogens is 258 g/mol. The molecule has 0 aliphatic heterocycles. The van der Waals surface area contributed by atoms with E-state index in [0.717, 1.165) is 30.5 Å². The molecule has 0 amide bonds. The van der Waals surface area contributed by atoms with Gasteiger partial charge in [-0.25, -0.2) is 8.78 Å². The number of carbonyl (C=O) groups is 1. The number of aryl methyl sites for hydroxylation is 1. The lowest BCUT2D eigenvalue weighted by molar-refractivity contribution is 0.0993. The van der Waals surface area contributed by atoms with Gasteiger partial charge >= 0.3 is 0 Å². The Bertz CT molecular complexity index is 620. The molecule has 2 aromatic carbocycles. The number of hydrogen-bond acceptors (Lipinski definition) is 1. The zero-order valence-corrected chi connectivity index (χ0v) is 11.3. The predicted octanol–water partition coefficient (Wildman–Crippen LogP) is 4.34. The average molecular weight is 274 g/mol. The number of rotatable bonds is 5. The van der Waals surface area contributed by atoms with E-state index in [0.29, 0.717) is 11.1 Å². The molecule has 0 unspecified atom stereocenters. The number of hydrogen-bond donors (Lipinski definition) is 0. The van der Waals surface area contributed by atoms with E-state index in [-0.39, 0.29) is 12.2 Å². The van der Waals surface area contributed by atoms with Crippen LogP contribution in [-0.4, -0.2) is 5.78 Å². The fourth-order valence-corrected chi connectivity index (χ4v) is 2.13. The van der Waals surface area contributed by atoms with Crippen LogP contribution in [0.4, 0.5) is 8.78 Å². The third kappa shape index (κ3) is 3.50. The van der Waals surface area contributed by atoms with Crippen molar-refractivity contribution in [2.75, 3.05) is 0 Å². The van der Waals surface area contributed by atoms with Crippen LogP contribution in [0.1, 0.15) is 34.8 Å². The molecule has 0 N–H and O–H groups in total. The Morgan fingerprint density at radius 3 is 2.50 bits per heavy atom. The normalized spacial score (nSPS) is 10.6. The van der Waals surface area contributed by atoms with Crippen molar-refractivity contribution in [2.24, 2.45) is 0 Å². The van der Waals surface area contributed by atoms with E-state index >= 15 is 0 Å². The topological polar surface area (TPSA) is 17.1 Å². The largest absolute Gasteiger partial charge is 0.294 e. The lowest BCUT2D eigenvalue weighted by Gasteiger charge is -2.05. The summed E-state index contributed by atoms with van der Waals surface area (Å²) in [7, 11) is 0. The van der Waals surface area contributed by atoms with Crippen molar-refractivity contribution in [2.45, 2.75) is 26.2 Å². The predicted molar refractivity (Wildman–Crippen MR) is 74.8 cm³/mol. The second-order valence-electron chi connectivity index (χ2n) is 4.80. The lowest BCUT2D eigenvalue weighted by Crippen LogP contribution is -2.05. The number of Topliss-reactive ketones (excluding diaryl/α,β-unsaturated/α-hetero) is 1. The molecule has 0 radical (unpaired) electrons. The minimum absolute atomic E-state index is 0.0762. The second kappa shape index (κ2) is 6.42. The van der Waals surface area contributed by atoms with Crippen LogP contribution in [0.5, 0.6) is 0 Å². The van der Waals surface area contributed by atoms with E-state index in [2.05, 4.69) is 6.92 Å². The zero-order valence-electron chi connectivity index (χ0n) is 11.3. The van der Waals surface area contributed by atoms with Crippen molar-refractivity contribution < 1.29 is 13.6 Å². The smallest absolute Gasteiger partial charge is 0.167 e. The lowest BCUT2D eigenvalue weighted by atomic mass is 10.00. The minimum atomic E-state index is -0.921. The molecule has 0 aliphatic carbocycles. The fraction of sp³-hybridized carbons (Fsp3) is 0.235. The van der Waals surface area contributed by atoms with Crippen molar-refractivity contribution in [3.05, 3.63) is 70.8 Å². The van der Waals surface area contributed by atoms with Gasteiger partial charge in [-0.1, -0.05) is 37.6 Å². The SMILES string of the molecule is CCCc1cccc(C(=O)Cc2ccc(F)c(F)c2)c1. The second-order valence-corrected chi connectivity index (χ2v) is 4.80. The molecule has 0 fully saturated rings. The summed E-state index contributed by atoms with van der Waals surface area (Å²) < 4.78 is 25.9. The first kappa shape index (κ1) is 14.4. The molecule has 104 valence electrons. The molecule has 0 aromatic heterocycles. The third-order valence-electron chi connectivity index (χ3n) is 3.14. The number of halogens is 2. The van der Waals surface area contributed by atoms with E-state index in [4.69, 9.17) is 0 Å². The van der Waals surface area contributed by atoms with Crippen molar-refractivity contribution in [3.63, 3.8) is 0 Å². The molecule has 3 heteroatoms. The van der Waals surface area contributed by atoms with Gasteiger partial charge in [0, 0.05) is 12.0 Å². The van der Waals surface area contributed by atoms with Gasteiger partial charge < -0.3 is 0 Å². The molecular formula is C17H16F2O. The van der Waals surface area contributed by atoms with Crippen LogP contribution in [0.25, 0.3) is 0 Å². The summed E-state index contributed by atoms with van der Waals surface area (Å²) in [6, 6.07) is 11.0. The van der Waals surface area contributed by atoms with Gasteiger partial charge in [0.15, 0.2) is 17.4 Å². The van der Waals surface area contributed by atoms with E-state index in [9.17, 15) is 13.6 Å². The zero-order chi connectivity index (χ0) is 14.5. The summed E-state index contributed by atoms with van der Waals surface area (Å²) in [5.74, 6) is -1.91. The highest BCUT2D eigenvalue weighted by atomic mass is 19.2. The third-order valence-corrected chi connectivity index (χ3v) is 3.14. The molecule has 1 nitrogen and oxygen atoms in total. The van der Waals surface area contributed by atoms with Crippen LogP contribution in [0.2, 0.25) is 0 Å². The molecule has 0 aliphatic rings. The van der Waals surface area contributed by atoms with E-state index in [1.54, 1.807) is 6.07 Å². The maximum atomic E-state index is 13.1. The Kier molecular flexibility index (Phi) is 4.61. The molecule has 0 atom stereocenters. The first-order valence-corrected chi connectivity index (χ1v) is 6.66. The minimum Gasteiger partial charge on any atom is -0.294 e. The van der Waals surface area contributed by atoms with Crippen LogP contribution in [-0.2, 0) is 12.8 Å². The van der Waals surface area contributed by atoms with Crippen molar-refractivity contribution >= 4 is 5.78 Å². The van der Waals surface area contributed by atoms with Crippen LogP contribution in [0.15, 0.2) is 42.5 Å². The molecule has 2 rings (SSSR count). The molecule has 0 saturated carbocycles. The Morgan fingerprint density at radius 2 is 1.80 bits per heavy atom. The van der Waals surface area contributed by atoms with Crippen molar-refractivity contribution in [1.29, 1.82) is 0 Å². The van der Waals surface area contributed by atoms with Gasteiger partial charge in [-0.05, 0) is 35.7 Å². The molecule has 2 aromatic rings. The Labute approximate surface area is 117 Å². The van der Waals surface area contributed by atoms with Gasteiger partial charge in [0.2, 0.25) is 0 Å². The molecule has 0 heterocycles. The Morgan fingerprint density at radius 1 is 1.00 bits per heavy atom. The first-order valence-electron chi connectivity index (χ1n) is 6.66. The highest BCUT2D eigenvalue weighted by Gasteiger charge is 2.10. The molecule has 0 bridgehead atoms. The summed E-state index contributed by atoms with van der Waals surface area (Å²) in [5, 5.41) is 0. The van der Waals surface area contributed by atoms with Crippen LogP contribution in [0, 0.1) is 11.6 Å². The number of ketones is 1. The first-order chi connectivity index (χ1) is 9.60. The maximum absolute atomic E-state index is 13.1. The fourth-order valence-electron chi connectivity index (χ4n) is 2.13. The van der Waals surface area contributed by atoms with Crippen LogP contribution < -0.4 is 0 Å². The van der Waals surface area contributed by atoms with Crippen molar-refractivity contribution in [3.8, 4) is 0 Å².